The van der Waals surface area contributed by atoms with Crippen LogP contribution in [0.5, 0.6) is 5.75 Å². The van der Waals surface area contributed by atoms with Gasteiger partial charge in [-0.05, 0) is 73.1 Å². The standard InChI is InChI=1S/C17H20O2/c18-11-2-4-12-10(9-11)1-3-14-13(12)5-6-16-15(14)7-8-17(16)19/h2,4,9,13-16,18H,1,3,5-8H2/t13-,14-,15+,16+/m1/s1. The fourth-order valence-electron chi connectivity index (χ4n) is 4.99. The smallest absolute Gasteiger partial charge is 0.136 e. The lowest BCUT2D eigenvalue weighted by Crippen LogP contribution is -2.35. The molecule has 0 aromatic heterocycles. The van der Waals surface area contributed by atoms with Gasteiger partial charge >= 0.3 is 0 Å². The molecule has 2 nitrogen and oxygen atoms in total. The lowest BCUT2D eigenvalue weighted by molar-refractivity contribution is -0.122. The average Bonchev–Trinajstić information content (AvgIpc) is 2.80. The number of aromatic hydroxyl groups is 1. The van der Waals surface area contributed by atoms with E-state index in [1.807, 2.05) is 12.1 Å². The predicted octanol–water partition coefficient (Wildman–Crippen LogP) is 3.43. The fraction of sp³-hybridized carbons (Fsp3) is 0.588. The van der Waals surface area contributed by atoms with Crippen LogP contribution in [-0.2, 0) is 11.2 Å². The monoisotopic (exact) mass is 256 g/mol. The first-order valence-electron chi connectivity index (χ1n) is 7.58. The number of hydrogen-bond donors (Lipinski definition) is 1. The van der Waals surface area contributed by atoms with E-state index in [1.54, 1.807) is 0 Å². The number of phenols is 1. The third kappa shape index (κ3) is 1.65. The van der Waals surface area contributed by atoms with E-state index in [0.29, 0.717) is 35.2 Å². The summed E-state index contributed by atoms with van der Waals surface area (Å²) in [7, 11) is 0. The van der Waals surface area contributed by atoms with E-state index in [4.69, 9.17) is 0 Å². The number of rotatable bonds is 0. The molecule has 1 aromatic rings. The van der Waals surface area contributed by atoms with Gasteiger partial charge in [0, 0.05) is 12.3 Å². The maximum Gasteiger partial charge on any atom is 0.136 e. The largest absolute Gasteiger partial charge is 0.508 e. The van der Waals surface area contributed by atoms with Crippen LogP contribution in [0.2, 0.25) is 0 Å². The van der Waals surface area contributed by atoms with Crippen molar-refractivity contribution < 1.29 is 9.90 Å². The molecule has 1 N–H and O–H groups in total. The Morgan fingerprint density at radius 3 is 2.58 bits per heavy atom. The van der Waals surface area contributed by atoms with Gasteiger partial charge in [-0.15, -0.1) is 0 Å². The van der Waals surface area contributed by atoms with E-state index in [1.165, 1.54) is 17.5 Å². The van der Waals surface area contributed by atoms with Crippen molar-refractivity contribution in [3.63, 3.8) is 0 Å². The molecule has 1 aromatic carbocycles. The van der Waals surface area contributed by atoms with Crippen LogP contribution in [0, 0.1) is 17.8 Å². The molecule has 4 rings (SSSR count). The van der Waals surface area contributed by atoms with E-state index in [9.17, 15) is 9.90 Å². The SMILES string of the molecule is O=C1CC[C@H]2[C@@H]3CCc4cc(O)ccc4[C@H]3CC[C@H]12. The molecule has 0 heterocycles. The molecule has 0 amide bonds. The molecule has 0 saturated heterocycles. The Bertz CT molecular complexity index is 534. The molecule has 4 atom stereocenters. The Morgan fingerprint density at radius 2 is 1.68 bits per heavy atom. The molecule has 3 aliphatic rings. The van der Waals surface area contributed by atoms with Crippen LogP contribution in [0.25, 0.3) is 0 Å². The molecule has 0 radical (unpaired) electrons. The fourth-order valence-corrected chi connectivity index (χ4v) is 4.99. The first kappa shape index (κ1) is 11.5. The third-order valence-corrected chi connectivity index (χ3v) is 5.78. The van der Waals surface area contributed by atoms with Crippen molar-refractivity contribution in [2.45, 2.75) is 44.4 Å². The summed E-state index contributed by atoms with van der Waals surface area (Å²) in [5.41, 5.74) is 2.79. The highest BCUT2D eigenvalue weighted by atomic mass is 16.3. The lowest BCUT2D eigenvalue weighted by atomic mass is 9.61. The van der Waals surface area contributed by atoms with Crippen LogP contribution in [0.4, 0.5) is 0 Å². The van der Waals surface area contributed by atoms with Gasteiger partial charge in [-0.3, -0.25) is 4.79 Å². The van der Waals surface area contributed by atoms with Gasteiger partial charge in [0.15, 0.2) is 0 Å². The Kier molecular flexibility index (Phi) is 2.48. The first-order chi connectivity index (χ1) is 9.24. The van der Waals surface area contributed by atoms with Gasteiger partial charge in [0.05, 0.1) is 0 Å². The molecule has 0 aliphatic heterocycles. The first-order valence-corrected chi connectivity index (χ1v) is 7.58. The van der Waals surface area contributed by atoms with Crippen molar-refractivity contribution in [1.29, 1.82) is 0 Å². The summed E-state index contributed by atoms with van der Waals surface area (Å²) in [5, 5.41) is 9.62. The van der Waals surface area contributed by atoms with Crippen molar-refractivity contribution in [1.82, 2.24) is 0 Å². The van der Waals surface area contributed by atoms with Crippen molar-refractivity contribution in [3.05, 3.63) is 29.3 Å². The normalized spacial score (nSPS) is 36.5. The van der Waals surface area contributed by atoms with Crippen LogP contribution in [0.3, 0.4) is 0 Å². The number of carbonyl (C=O) groups is 1. The molecule has 2 fully saturated rings. The van der Waals surface area contributed by atoms with Crippen LogP contribution < -0.4 is 0 Å². The number of aryl methyl sites for hydroxylation is 1. The van der Waals surface area contributed by atoms with Gasteiger partial charge in [-0.25, -0.2) is 0 Å². The summed E-state index contributed by atoms with van der Waals surface area (Å²) in [6.45, 7) is 0. The van der Waals surface area contributed by atoms with Crippen LogP contribution in [-0.4, -0.2) is 10.9 Å². The zero-order chi connectivity index (χ0) is 13.0. The maximum absolute atomic E-state index is 11.9. The Labute approximate surface area is 113 Å². The van der Waals surface area contributed by atoms with Crippen LogP contribution in [0.15, 0.2) is 18.2 Å². The molecule has 0 bridgehead atoms. The van der Waals surface area contributed by atoms with Gasteiger partial charge < -0.3 is 5.11 Å². The molecular formula is C17H20O2. The molecule has 19 heavy (non-hydrogen) atoms. The van der Waals surface area contributed by atoms with E-state index in [2.05, 4.69) is 6.07 Å². The van der Waals surface area contributed by atoms with Gasteiger partial charge in [0.25, 0.3) is 0 Å². The highest BCUT2D eigenvalue weighted by Gasteiger charge is 2.47. The van der Waals surface area contributed by atoms with Crippen molar-refractivity contribution >= 4 is 5.78 Å². The highest BCUT2D eigenvalue weighted by molar-refractivity contribution is 5.83. The third-order valence-electron chi connectivity index (χ3n) is 5.78. The summed E-state index contributed by atoms with van der Waals surface area (Å²) in [6, 6.07) is 5.89. The summed E-state index contributed by atoms with van der Waals surface area (Å²) in [4.78, 5) is 11.9. The number of phenolic OH excluding ortho intramolecular Hbond substituents is 1. The number of ketones is 1. The van der Waals surface area contributed by atoms with Gasteiger partial charge in [-0.1, -0.05) is 6.07 Å². The topological polar surface area (TPSA) is 37.3 Å². The zero-order valence-corrected chi connectivity index (χ0v) is 11.1. The Hall–Kier alpha value is -1.31. The number of hydrogen-bond acceptors (Lipinski definition) is 2. The van der Waals surface area contributed by atoms with Crippen molar-refractivity contribution in [2.75, 3.05) is 0 Å². The average molecular weight is 256 g/mol. The summed E-state index contributed by atoms with van der Waals surface area (Å²) >= 11 is 0. The minimum Gasteiger partial charge on any atom is -0.508 e. The second-order valence-corrected chi connectivity index (χ2v) is 6.54. The lowest BCUT2D eigenvalue weighted by Gasteiger charge is -2.43. The van der Waals surface area contributed by atoms with E-state index in [-0.39, 0.29) is 0 Å². The number of carbonyl (C=O) groups excluding carboxylic acids is 1. The highest BCUT2D eigenvalue weighted by Crippen LogP contribution is 2.54. The molecule has 100 valence electrons. The molecule has 0 spiro atoms. The minimum absolute atomic E-state index is 0.375. The van der Waals surface area contributed by atoms with Gasteiger partial charge in [-0.2, -0.15) is 0 Å². The van der Waals surface area contributed by atoms with Crippen molar-refractivity contribution in [2.24, 2.45) is 17.8 Å². The molecule has 2 heteroatoms. The quantitative estimate of drug-likeness (QED) is 0.772. The summed E-state index contributed by atoms with van der Waals surface area (Å²) < 4.78 is 0. The number of Topliss-reactive ketones (excluding diaryl/α,β-unsaturated/α-hetero) is 1. The van der Waals surface area contributed by atoms with E-state index >= 15 is 0 Å². The zero-order valence-electron chi connectivity index (χ0n) is 11.1. The Morgan fingerprint density at radius 1 is 0.947 bits per heavy atom. The maximum atomic E-state index is 11.9. The van der Waals surface area contributed by atoms with Gasteiger partial charge in [0.1, 0.15) is 11.5 Å². The van der Waals surface area contributed by atoms with Crippen LogP contribution in [0.1, 0.15) is 49.1 Å². The van der Waals surface area contributed by atoms with Gasteiger partial charge in [0.2, 0.25) is 0 Å². The molecular weight excluding hydrogens is 236 g/mol. The second-order valence-electron chi connectivity index (χ2n) is 6.54. The van der Waals surface area contributed by atoms with E-state index in [0.717, 1.165) is 32.1 Å². The number of fused-ring (bicyclic) bond motifs is 5. The summed E-state index contributed by atoms with van der Waals surface area (Å²) in [6.07, 6.45) is 6.47. The molecule has 2 saturated carbocycles. The molecule has 0 unspecified atom stereocenters. The Balaban J connectivity index is 1.70. The van der Waals surface area contributed by atoms with Crippen molar-refractivity contribution in [3.8, 4) is 5.75 Å². The minimum atomic E-state index is 0.375. The van der Waals surface area contributed by atoms with Crippen LogP contribution >= 0.6 is 0 Å². The predicted molar refractivity (Wildman–Crippen MR) is 73.1 cm³/mol. The summed E-state index contributed by atoms with van der Waals surface area (Å²) in [5.74, 6) is 3.29. The number of benzene rings is 1. The van der Waals surface area contributed by atoms with E-state index < -0.39 is 0 Å². The molecule has 3 aliphatic carbocycles. The second kappa shape index (κ2) is 4.09.